The van der Waals surface area contributed by atoms with Crippen molar-refractivity contribution < 1.29 is 9.90 Å². The summed E-state index contributed by atoms with van der Waals surface area (Å²) >= 11 is 0. The van der Waals surface area contributed by atoms with Gasteiger partial charge in [0.15, 0.2) is 0 Å². The van der Waals surface area contributed by atoms with E-state index < -0.39 is 5.60 Å². The highest BCUT2D eigenvalue weighted by molar-refractivity contribution is 5.72. The molecule has 13 heavy (non-hydrogen) atoms. The molecule has 0 aromatic carbocycles. The molecule has 1 aliphatic heterocycles. The SMILES string of the molecule is CCCN1CC(O)(CNC(C)=O)C1. The highest BCUT2D eigenvalue weighted by Crippen LogP contribution is 2.19. The van der Waals surface area contributed by atoms with Crippen LogP contribution in [0.5, 0.6) is 0 Å². The Balaban J connectivity index is 2.18. The molecule has 0 bridgehead atoms. The average molecular weight is 186 g/mol. The third-order valence-electron chi connectivity index (χ3n) is 2.24. The van der Waals surface area contributed by atoms with Gasteiger partial charge in [-0.15, -0.1) is 0 Å². The van der Waals surface area contributed by atoms with Crippen molar-refractivity contribution in [1.82, 2.24) is 10.2 Å². The van der Waals surface area contributed by atoms with Crippen molar-refractivity contribution in [1.29, 1.82) is 0 Å². The van der Waals surface area contributed by atoms with E-state index >= 15 is 0 Å². The lowest BCUT2D eigenvalue weighted by Crippen LogP contribution is -2.66. The molecule has 1 amide bonds. The summed E-state index contributed by atoms with van der Waals surface area (Å²) in [6.45, 7) is 6.35. The monoisotopic (exact) mass is 186 g/mol. The Kier molecular flexibility index (Phi) is 3.27. The Morgan fingerprint density at radius 3 is 2.69 bits per heavy atom. The number of hydrogen-bond donors (Lipinski definition) is 2. The number of nitrogens with one attached hydrogen (secondary N) is 1. The predicted molar refractivity (Wildman–Crippen MR) is 50.4 cm³/mol. The predicted octanol–water partition coefficient (Wildman–Crippen LogP) is -0.421. The number of carbonyl (C=O) groups excluding carboxylic acids is 1. The summed E-state index contributed by atoms with van der Waals surface area (Å²) in [5.41, 5.74) is -0.680. The van der Waals surface area contributed by atoms with Crippen LogP contribution in [0.1, 0.15) is 20.3 Å². The second-order valence-corrected chi connectivity index (χ2v) is 3.84. The van der Waals surface area contributed by atoms with Crippen LogP contribution >= 0.6 is 0 Å². The smallest absolute Gasteiger partial charge is 0.216 e. The fraction of sp³-hybridized carbons (Fsp3) is 0.889. The first-order valence-electron chi connectivity index (χ1n) is 4.75. The molecule has 1 saturated heterocycles. The number of amides is 1. The first-order chi connectivity index (χ1) is 6.06. The van der Waals surface area contributed by atoms with Gasteiger partial charge in [-0.1, -0.05) is 6.92 Å². The summed E-state index contributed by atoms with van der Waals surface area (Å²) in [6, 6.07) is 0. The molecule has 0 aliphatic carbocycles. The fourth-order valence-electron chi connectivity index (χ4n) is 1.66. The maximum atomic E-state index is 10.6. The van der Waals surface area contributed by atoms with Gasteiger partial charge in [0.1, 0.15) is 5.60 Å². The molecule has 0 aromatic rings. The highest BCUT2D eigenvalue weighted by atomic mass is 16.3. The lowest BCUT2D eigenvalue weighted by molar-refractivity contribution is -0.125. The van der Waals surface area contributed by atoms with Crippen LogP contribution in [0.2, 0.25) is 0 Å². The summed E-state index contributed by atoms with van der Waals surface area (Å²) < 4.78 is 0. The third kappa shape index (κ3) is 2.97. The zero-order valence-corrected chi connectivity index (χ0v) is 8.34. The molecule has 1 fully saturated rings. The first kappa shape index (κ1) is 10.5. The van der Waals surface area contributed by atoms with Crippen LogP contribution in [0.25, 0.3) is 0 Å². The zero-order valence-electron chi connectivity index (χ0n) is 8.34. The van der Waals surface area contributed by atoms with E-state index in [1.54, 1.807) is 0 Å². The van der Waals surface area contributed by atoms with Crippen molar-refractivity contribution in [3.05, 3.63) is 0 Å². The normalized spacial score (nSPS) is 20.8. The Labute approximate surface area is 78.9 Å². The van der Waals surface area contributed by atoms with Crippen LogP contribution in [-0.4, -0.2) is 47.7 Å². The van der Waals surface area contributed by atoms with Gasteiger partial charge >= 0.3 is 0 Å². The number of hydrogen-bond acceptors (Lipinski definition) is 3. The van der Waals surface area contributed by atoms with E-state index in [9.17, 15) is 9.90 Å². The largest absolute Gasteiger partial charge is 0.385 e. The van der Waals surface area contributed by atoms with Crippen molar-refractivity contribution in [2.24, 2.45) is 0 Å². The standard InChI is InChI=1S/C9H18N2O2/c1-3-4-11-6-9(13,7-11)5-10-8(2)12/h13H,3-7H2,1-2H3,(H,10,12). The minimum Gasteiger partial charge on any atom is -0.385 e. The van der Waals surface area contributed by atoms with E-state index in [4.69, 9.17) is 0 Å². The van der Waals surface area contributed by atoms with E-state index in [0.717, 1.165) is 13.0 Å². The minimum absolute atomic E-state index is 0.0811. The van der Waals surface area contributed by atoms with Gasteiger partial charge in [-0.3, -0.25) is 9.69 Å². The lowest BCUT2D eigenvalue weighted by atomic mass is 9.94. The molecule has 0 saturated carbocycles. The quantitative estimate of drug-likeness (QED) is 0.627. The summed E-state index contributed by atoms with van der Waals surface area (Å²) in [5, 5.41) is 12.4. The number of aliphatic hydroxyl groups is 1. The molecular weight excluding hydrogens is 168 g/mol. The molecule has 4 nitrogen and oxygen atoms in total. The van der Waals surface area contributed by atoms with Crippen LogP contribution in [0, 0.1) is 0 Å². The number of likely N-dealkylation sites (tertiary alicyclic amines) is 1. The van der Waals surface area contributed by atoms with Gasteiger partial charge < -0.3 is 10.4 Å². The number of nitrogens with zero attached hydrogens (tertiary/aromatic N) is 1. The van der Waals surface area contributed by atoms with Crippen molar-refractivity contribution >= 4 is 5.91 Å². The number of rotatable bonds is 4. The summed E-state index contributed by atoms with van der Waals surface area (Å²) in [7, 11) is 0. The fourth-order valence-corrected chi connectivity index (χ4v) is 1.66. The van der Waals surface area contributed by atoms with E-state index in [2.05, 4.69) is 17.1 Å². The van der Waals surface area contributed by atoms with E-state index in [-0.39, 0.29) is 5.91 Å². The van der Waals surface area contributed by atoms with Crippen LogP contribution < -0.4 is 5.32 Å². The Bertz CT molecular complexity index is 188. The van der Waals surface area contributed by atoms with Crippen molar-refractivity contribution in [2.45, 2.75) is 25.9 Å². The van der Waals surface area contributed by atoms with Crippen LogP contribution in [0.3, 0.4) is 0 Å². The summed E-state index contributed by atoms with van der Waals surface area (Å²) in [5.74, 6) is -0.0811. The summed E-state index contributed by atoms with van der Waals surface area (Å²) in [4.78, 5) is 12.8. The Morgan fingerprint density at radius 1 is 1.62 bits per heavy atom. The first-order valence-corrected chi connectivity index (χ1v) is 4.75. The van der Waals surface area contributed by atoms with E-state index in [1.165, 1.54) is 6.92 Å². The molecule has 0 aromatic heterocycles. The molecule has 1 aliphatic rings. The van der Waals surface area contributed by atoms with Gasteiger partial charge in [-0.05, 0) is 13.0 Å². The van der Waals surface area contributed by atoms with Gasteiger partial charge in [0.05, 0.1) is 0 Å². The molecule has 2 N–H and O–H groups in total. The highest BCUT2D eigenvalue weighted by Gasteiger charge is 2.40. The van der Waals surface area contributed by atoms with Crippen LogP contribution in [0.4, 0.5) is 0 Å². The maximum Gasteiger partial charge on any atom is 0.216 e. The van der Waals surface area contributed by atoms with Gasteiger partial charge in [0.25, 0.3) is 0 Å². The van der Waals surface area contributed by atoms with Crippen LogP contribution in [-0.2, 0) is 4.79 Å². The van der Waals surface area contributed by atoms with Gasteiger partial charge in [0, 0.05) is 26.6 Å². The Morgan fingerprint density at radius 2 is 2.23 bits per heavy atom. The second kappa shape index (κ2) is 4.07. The molecular formula is C9H18N2O2. The maximum absolute atomic E-state index is 10.6. The Hall–Kier alpha value is -0.610. The van der Waals surface area contributed by atoms with Gasteiger partial charge in [-0.25, -0.2) is 0 Å². The lowest BCUT2D eigenvalue weighted by Gasteiger charge is -2.46. The third-order valence-corrected chi connectivity index (χ3v) is 2.24. The second-order valence-electron chi connectivity index (χ2n) is 3.84. The molecule has 1 heterocycles. The van der Waals surface area contributed by atoms with Crippen molar-refractivity contribution in [2.75, 3.05) is 26.2 Å². The van der Waals surface area contributed by atoms with Gasteiger partial charge in [-0.2, -0.15) is 0 Å². The average Bonchev–Trinajstić information content (AvgIpc) is 1.99. The molecule has 4 heteroatoms. The molecule has 0 atom stereocenters. The molecule has 0 unspecified atom stereocenters. The zero-order chi connectivity index (χ0) is 9.90. The molecule has 76 valence electrons. The summed E-state index contributed by atoms with van der Waals surface area (Å²) in [6.07, 6.45) is 1.11. The van der Waals surface area contributed by atoms with E-state index in [1.807, 2.05) is 0 Å². The minimum atomic E-state index is -0.680. The molecule has 0 spiro atoms. The van der Waals surface area contributed by atoms with Crippen molar-refractivity contribution in [3.63, 3.8) is 0 Å². The topological polar surface area (TPSA) is 52.6 Å². The molecule has 0 radical (unpaired) electrons. The number of carbonyl (C=O) groups is 1. The van der Waals surface area contributed by atoms with Gasteiger partial charge in [0.2, 0.25) is 5.91 Å². The van der Waals surface area contributed by atoms with E-state index in [0.29, 0.717) is 19.6 Å². The van der Waals surface area contributed by atoms with Crippen molar-refractivity contribution in [3.8, 4) is 0 Å². The number of β-amino-alcohol motifs (C(OH)–C–C–N with tert-alkyl or cyclic N) is 1. The van der Waals surface area contributed by atoms with Crippen LogP contribution in [0.15, 0.2) is 0 Å². The molecule has 1 rings (SSSR count).